The van der Waals surface area contributed by atoms with Crippen molar-refractivity contribution in [3.05, 3.63) is 11.6 Å². The Morgan fingerprint density at radius 2 is 1.81 bits per heavy atom. The summed E-state index contributed by atoms with van der Waals surface area (Å²) in [6.07, 6.45) is 7.90. The van der Waals surface area contributed by atoms with Gasteiger partial charge in [-0.25, -0.2) is 0 Å². The largest absolute Gasteiger partial charge is 0.469 e. The molecule has 1 heterocycles. The van der Waals surface area contributed by atoms with Crippen molar-refractivity contribution >= 4 is 11.9 Å². The molecule has 1 saturated carbocycles. The summed E-state index contributed by atoms with van der Waals surface area (Å²) in [4.78, 5) is 24.7. The highest BCUT2D eigenvalue weighted by molar-refractivity contribution is 5.77. The predicted octanol–water partition coefficient (Wildman–Crippen LogP) is 4.19. The first-order chi connectivity index (χ1) is 12.6. The Kier molecular flexibility index (Phi) is 4.99. The molecule has 0 aromatic heterocycles. The van der Waals surface area contributed by atoms with Gasteiger partial charge in [0, 0.05) is 5.41 Å². The zero-order valence-corrected chi connectivity index (χ0v) is 17.6. The van der Waals surface area contributed by atoms with Gasteiger partial charge in [-0.1, -0.05) is 19.4 Å². The van der Waals surface area contributed by atoms with E-state index in [0.29, 0.717) is 0 Å². The van der Waals surface area contributed by atoms with E-state index in [-0.39, 0.29) is 29.7 Å². The lowest BCUT2D eigenvalue weighted by molar-refractivity contribution is -0.203. The summed E-state index contributed by atoms with van der Waals surface area (Å²) >= 11 is 0. The Balaban J connectivity index is 2.01. The SMILES string of the molecule is COC(=O)CC1(C)CCC2(O1)C(C)=CCC1C(C)(C(=O)OC)CCCC12C. The molecule has 27 heavy (non-hydrogen) atoms. The molecule has 2 aliphatic carbocycles. The van der Waals surface area contributed by atoms with Crippen LogP contribution in [0.15, 0.2) is 11.6 Å². The predicted molar refractivity (Wildman–Crippen MR) is 102 cm³/mol. The average molecular weight is 379 g/mol. The lowest BCUT2D eigenvalue weighted by Gasteiger charge is -2.60. The summed E-state index contributed by atoms with van der Waals surface area (Å²) in [7, 11) is 2.90. The molecule has 2 fully saturated rings. The summed E-state index contributed by atoms with van der Waals surface area (Å²) in [5, 5.41) is 0. The van der Waals surface area contributed by atoms with Gasteiger partial charge in [-0.15, -0.1) is 0 Å². The van der Waals surface area contributed by atoms with Crippen molar-refractivity contribution in [3.63, 3.8) is 0 Å². The minimum atomic E-state index is -0.536. The Morgan fingerprint density at radius 3 is 2.44 bits per heavy atom. The first kappa shape index (κ1) is 20.4. The molecule has 152 valence electrons. The molecule has 5 atom stereocenters. The van der Waals surface area contributed by atoms with Crippen LogP contribution < -0.4 is 0 Å². The fraction of sp³-hybridized carbons (Fsp3) is 0.818. The fourth-order valence-corrected chi connectivity index (χ4v) is 6.41. The second kappa shape index (κ2) is 6.61. The summed E-state index contributed by atoms with van der Waals surface area (Å²) < 4.78 is 16.9. The van der Waals surface area contributed by atoms with Crippen LogP contribution in [0.1, 0.15) is 72.6 Å². The standard InChI is InChI=1S/C22H34O5/c1-15-8-9-16-20(3,18(24)26-6)10-7-11-21(16,4)22(15)13-12-19(2,27-22)14-17(23)25-5/h8,16H,7,9-14H2,1-6H3. The van der Waals surface area contributed by atoms with Gasteiger partial charge in [0.05, 0.1) is 37.3 Å². The molecule has 0 N–H and O–H groups in total. The number of allylic oxidation sites excluding steroid dienone is 1. The van der Waals surface area contributed by atoms with Gasteiger partial charge < -0.3 is 14.2 Å². The van der Waals surface area contributed by atoms with Crippen molar-refractivity contribution in [3.8, 4) is 0 Å². The minimum Gasteiger partial charge on any atom is -0.469 e. The maximum atomic E-state index is 12.7. The molecule has 0 aromatic carbocycles. The molecule has 5 heteroatoms. The third kappa shape index (κ3) is 2.84. The lowest BCUT2D eigenvalue weighted by atomic mass is 9.46. The Labute approximate surface area is 162 Å². The van der Waals surface area contributed by atoms with Crippen molar-refractivity contribution in [2.45, 2.75) is 83.8 Å². The van der Waals surface area contributed by atoms with Crippen LogP contribution in [0.3, 0.4) is 0 Å². The van der Waals surface area contributed by atoms with Crippen LogP contribution in [0.2, 0.25) is 0 Å². The maximum absolute atomic E-state index is 12.7. The van der Waals surface area contributed by atoms with Crippen LogP contribution in [0.25, 0.3) is 0 Å². The van der Waals surface area contributed by atoms with E-state index in [1.54, 1.807) is 0 Å². The zero-order valence-electron chi connectivity index (χ0n) is 17.6. The number of esters is 2. The molecule has 0 aromatic rings. The van der Waals surface area contributed by atoms with Crippen LogP contribution in [0.5, 0.6) is 0 Å². The number of ether oxygens (including phenoxy) is 3. The van der Waals surface area contributed by atoms with E-state index in [1.807, 2.05) is 6.92 Å². The molecule has 3 aliphatic rings. The van der Waals surface area contributed by atoms with E-state index in [0.717, 1.165) is 38.5 Å². The molecule has 1 saturated heterocycles. The van der Waals surface area contributed by atoms with Crippen molar-refractivity contribution in [1.82, 2.24) is 0 Å². The quantitative estimate of drug-likeness (QED) is 0.544. The Bertz CT molecular complexity index is 670. The van der Waals surface area contributed by atoms with Gasteiger partial charge >= 0.3 is 11.9 Å². The minimum absolute atomic E-state index is 0.114. The number of carbonyl (C=O) groups excluding carboxylic acids is 2. The third-order valence-electron chi connectivity index (χ3n) is 7.97. The number of hydrogen-bond donors (Lipinski definition) is 0. The van der Waals surface area contributed by atoms with Crippen LogP contribution in [-0.2, 0) is 23.8 Å². The second-order valence-corrected chi connectivity index (χ2v) is 9.49. The highest BCUT2D eigenvalue weighted by atomic mass is 16.5. The van der Waals surface area contributed by atoms with Crippen LogP contribution in [-0.4, -0.2) is 37.4 Å². The molecule has 3 rings (SSSR count). The van der Waals surface area contributed by atoms with Gasteiger partial charge in [-0.2, -0.15) is 0 Å². The lowest BCUT2D eigenvalue weighted by Crippen LogP contribution is -2.61. The highest BCUT2D eigenvalue weighted by Gasteiger charge is 2.66. The molecular weight excluding hydrogens is 344 g/mol. The molecule has 0 amide bonds. The molecule has 1 aliphatic heterocycles. The maximum Gasteiger partial charge on any atom is 0.311 e. The smallest absolute Gasteiger partial charge is 0.311 e. The monoisotopic (exact) mass is 378 g/mol. The number of hydrogen-bond acceptors (Lipinski definition) is 5. The summed E-state index contributed by atoms with van der Waals surface area (Å²) in [6.45, 7) is 8.51. The number of fused-ring (bicyclic) bond motifs is 2. The Hall–Kier alpha value is -1.36. The van der Waals surface area contributed by atoms with E-state index in [4.69, 9.17) is 14.2 Å². The Morgan fingerprint density at radius 1 is 1.11 bits per heavy atom. The summed E-state index contributed by atoms with van der Waals surface area (Å²) in [6, 6.07) is 0. The second-order valence-electron chi connectivity index (χ2n) is 9.49. The van der Waals surface area contributed by atoms with Gasteiger partial charge in [0.2, 0.25) is 0 Å². The molecule has 1 spiro atoms. The fourth-order valence-electron chi connectivity index (χ4n) is 6.41. The van der Waals surface area contributed by atoms with Crippen molar-refractivity contribution in [2.75, 3.05) is 14.2 Å². The topological polar surface area (TPSA) is 61.8 Å². The van der Waals surface area contributed by atoms with Gasteiger partial charge in [-0.3, -0.25) is 9.59 Å². The first-order valence-electron chi connectivity index (χ1n) is 10.1. The van der Waals surface area contributed by atoms with Crippen LogP contribution >= 0.6 is 0 Å². The van der Waals surface area contributed by atoms with E-state index in [9.17, 15) is 9.59 Å². The molecule has 5 nitrogen and oxygen atoms in total. The number of rotatable bonds is 3. The molecular formula is C22H34O5. The molecule has 0 radical (unpaired) electrons. The summed E-state index contributed by atoms with van der Waals surface area (Å²) in [5.41, 5.74) is -0.401. The van der Waals surface area contributed by atoms with Gasteiger partial charge in [0.1, 0.15) is 0 Å². The third-order valence-corrected chi connectivity index (χ3v) is 7.97. The highest BCUT2D eigenvalue weighted by Crippen LogP contribution is 2.66. The van der Waals surface area contributed by atoms with E-state index < -0.39 is 16.6 Å². The number of carbonyl (C=O) groups is 2. The number of methoxy groups -OCH3 is 2. The van der Waals surface area contributed by atoms with Gasteiger partial charge in [0.15, 0.2) is 0 Å². The van der Waals surface area contributed by atoms with Crippen molar-refractivity contribution in [1.29, 1.82) is 0 Å². The van der Waals surface area contributed by atoms with E-state index in [2.05, 4.69) is 26.8 Å². The first-order valence-corrected chi connectivity index (χ1v) is 10.1. The van der Waals surface area contributed by atoms with E-state index in [1.165, 1.54) is 19.8 Å². The average Bonchev–Trinajstić information content (AvgIpc) is 2.98. The van der Waals surface area contributed by atoms with Crippen LogP contribution in [0.4, 0.5) is 0 Å². The van der Waals surface area contributed by atoms with Crippen molar-refractivity contribution in [2.24, 2.45) is 16.7 Å². The van der Waals surface area contributed by atoms with E-state index >= 15 is 0 Å². The zero-order chi connectivity index (χ0) is 20.1. The summed E-state index contributed by atoms with van der Waals surface area (Å²) in [5.74, 6) is -0.191. The molecule has 0 bridgehead atoms. The van der Waals surface area contributed by atoms with Gasteiger partial charge in [-0.05, 0) is 64.4 Å². The molecule has 5 unspecified atom stereocenters. The van der Waals surface area contributed by atoms with Crippen molar-refractivity contribution < 1.29 is 23.8 Å². The van der Waals surface area contributed by atoms with Crippen LogP contribution in [0, 0.1) is 16.7 Å². The normalized spacial score (nSPS) is 43.8. The van der Waals surface area contributed by atoms with Gasteiger partial charge in [0.25, 0.3) is 0 Å².